The highest BCUT2D eigenvalue weighted by atomic mass is 32.2. The zero-order chi connectivity index (χ0) is 14.7. The van der Waals surface area contributed by atoms with Gasteiger partial charge in [0, 0.05) is 0 Å². The molecule has 0 radical (unpaired) electrons. The lowest BCUT2D eigenvalue weighted by Gasteiger charge is -2.27. The number of rotatable bonds is 5. The van der Waals surface area contributed by atoms with Gasteiger partial charge in [0.1, 0.15) is 0 Å². The third-order valence-corrected chi connectivity index (χ3v) is 4.90. The molecule has 1 atom stereocenters. The van der Waals surface area contributed by atoms with Crippen molar-refractivity contribution < 1.29 is 13.5 Å². The van der Waals surface area contributed by atoms with E-state index in [0.29, 0.717) is 12.0 Å². The first-order valence-electron chi connectivity index (χ1n) is 5.93. The molecule has 1 aromatic rings. The van der Waals surface area contributed by atoms with Crippen LogP contribution in [0.4, 0.5) is 0 Å². The van der Waals surface area contributed by atoms with E-state index >= 15 is 0 Å². The third kappa shape index (κ3) is 3.53. The van der Waals surface area contributed by atoms with E-state index in [4.69, 9.17) is 5.26 Å². The molecule has 0 spiro atoms. The first-order chi connectivity index (χ1) is 8.78. The van der Waals surface area contributed by atoms with Crippen molar-refractivity contribution in [2.75, 3.05) is 6.61 Å². The van der Waals surface area contributed by atoms with E-state index in [1.54, 1.807) is 32.9 Å². The molecular formula is C13H18N2O3S. The molecule has 0 aliphatic carbocycles. The number of aliphatic hydroxyl groups excluding tert-OH is 1. The van der Waals surface area contributed by atoms with Gasteiger partial charge in [-0.25, -0.2) is 13.1 Å². The minimum Gasteiger partial charge on any atom is -0.394 e. The van der Waals surface area contributed by atoms with Gasteiger partial charge in [-0.1, -0.05) is 13.0 Å². The Labute approximate surface area is 113 Å². The first kappa shape index (κ1) is 15.6. The largest absolute Gasteiger partial charge is 0.394 e. The molecule has 0 amide bonds. The molecule has 1 unspecified atom stereocenters. The molecule has 1 rings (SSSR count). The fourth-order valence-electron chi connectivity index (χ4n) is 1.55. The van der Waals surface area contributed by atoms with Gasteiger partial charge in [0.25, 0.3) is 0 Å². The summed E-state index contributed by atoms with van der Waals surface area (Å²) in [4.78, 5) is 0.0691. The molecule has 2 N–H and O–H groups in total. The summed E-state index contributed by atoms with van der Waals surface area (Å²) in [7, 11) is -3.77. The van der Waals surface area contributed by atoms with Crippen LogP contribution in [0.3, 0.4) is 0 Å². The highest BCUT2D eigenvalue weighted by Gasteiger charge is 2.29. The molecule has 0 saturated carbocycles. The molecule has 6 heteroatoms. The zero-order valence-electron chi connectivity index (χ0n) is 11.3. The van der Waals surface area contributed by atoms with Gasteiger partial charge in [-0.05, 0) is 38.0 Å². The minimum absolute atomic E-state index is 0.0691. The van der Waals surface area contributed by atoms with Crippen LogP contribution in [0.2, 0.25) is 0 Å². The van der Waals surface area contributed by atoms with Crippen molar-refractivity contribution in [1.82, 2.24) is 4.72 Å². The molecule has 0 aliphatic heterocycles. The smallest absolute Gasteiger partial charge is 0.241 e. The molecule has 0 saturated heterocycles. The summed E-state index contributed by atoms with van der Waals surface area (Å²) in [6, 6.07) is 6.42. The number of aryl methyl sites for hydroxylation is 1. The Balaban J connectivity index is 3.25. The van der Waals surface area contributed by atoms with E-state index in [1.807, 2.05) is 6.07 Å². The van der Waals surface area contributed by atoms with Crippen molar-refractivity contribution in [2.24, 2.45) is 0 Å². The van der Waals surface area contributed by atoms with E-state index in [0.717, 1.165) is 0 Å². The van der Waals surface area contributed by atoms with Crippen molar-refractivity contribution in [1.29, 1.82) is 5.26 Å². The maximum atomic E-state index is 12.3. The highest BCUT2D eigenvalue weighted by molar-refractivity contribution is 7.89. The first-order valence-corrected chi connectivity index (χ1v) is 7.42. The standard InChI is InChI=1S/C13H18N2O3S/c1-4-13(3,9-16)15-19(17,18)12-7-11(8-14)6-5-10(12)2/h5-7,15-16H,4,9H2,1-3H3. The number of hydrogen-bond donors (Lipinski definition) is 2. The van der Waals surface area contributed by atoms with Gasteiger partial charge in [-0.3, -0.25) is 0 Å². The van der Waals surface area contributed by atoms with Crippen LogP contribution in [0.25, 0.3) is 0 Å². The molecule has 0 heterocycles. The average Bonchev–Trinajstić information content (AvgIpc) is 2.38. The van der Waals surface area contributed by atoms with Crippen LogP contribution >= 0.6 is 0 Å². The number of benzene rings is 1. The summed E-state index contributed by atoms with van der Waals surface area (Å²) in [5.41, 5.74) is -0.0652. The lowest BCUT2D eigenvalue weighted by molar-refractivity contribution is 0.191. The zero-order valence-corrected chi connectivity index (χ0v) is 12.1. The van der Waals surface area contributed by atoms with Crippen LogP contribution < -0.4 is 4.72 Å². The number of hydrogen-bond acceptors (Lipinski definition) is 4. The van der Waals surface area contributed by atoms with Gasteiger partial charge in [0.2, 0.25) is 10.0 Å². The van der Waals surface area contributed by atoms with E-state index < -0.39 is 15.6 Å². The normalized spacial score (nSPS) is 14.7. The van der Waals surface area contributed by atoms with Gasteiger partial charge >= 0.3 is 0 Å². The fraction of sp³-hybridized carbons (Fsp3) is 0.462. The second kappa shape index (κ2) is 5.70. The summed E-state index contributed by atoms with van der Waals surface area (Å²) < 4.78 is 27.1. The van der Waals surface area contributed by atoms with E-state index in [2.05, 4.69) is 4.72 Å². The Morgan fingerprint density at radius 1 is 1.47 bits per heavy atom. The number of nitriles is 1. The summed E-state index contributed by atoms with van der Waals surface area (Å²) in [5.74, 6) is 0. The van der Waals surface area contributed by atoms with Gasteiger partial charge in [-0.2, -0.15) is 5.26 Å². The molecule has 5 nitrogen and oxygen atoms in total. The Morgan fingerprint density at radius 2 is 2.11 bits per heavy atom. The fourth-order valence-corrected chi connectivity index (χ4v) is 3.30. The van der Waals surface area contributed by atoms with Crippen LogP contribution in [-0.2, 0) is 10.0 Å². The Kier molecular flexibility index (Phi) is 4.69. The van der Waals surface area contributed by atoms with E-state index in [9.17, 15) is 13.5 Å². The molecule has 104 valence electrons. The van der Waals surface area contributed by atoms with Crippen LogP contribution in [0.5, 0.6) is 0 Å². The minimum atomic E-state index is -3.77. The van der Waals surface area contributed by atoms with Crippen molar-refractivity contribution in [3.63, 3.8) is 0 Å². The predicted molar refractivity (Wildman–Crippen MR) is 72.0 cm³/mol. The Morgan fingerprint density at radius 3 is 2.58 bits per heavy atom. The lowest BCUT2D eigenvalue weighted by Crippen LogP contribution is -2.48. The summed E-state index contributed by atoms with van der Waals surface area (Å²) in [6.45, 7) is 4.79. The molecule has 19 heavy (non-hydrogen) atoms. The number of aliphatic hydroxyl groups is 1. The van der Waals surface area contributed by atoms with Gasteiger partial charge in [0.05, 0.1) is 28.7 Å². The molecule has 0 aliphatic rings. The quantitative estimate of drug-likeness (QED) is 0.852. The number of nitrogens with zero attached hydrogens (tertiary/aromatic N) is 1. The highest BCUT2D eigenvalue weighted by Crippen LogP contribution is 2.20. The second-order valence-corrected chi connectivity index (χ2v) is 6.42. The van der Waals surface area contributed by atoms with Gasteiger partial charge in [0.15, 0.2) is 0 Å². The van der Waals surface area contributed by atoms with Gasteiger partial charge < -0.3 is 5.11 Å². The SMILES string of the molecule is CCC(C)(CO)NS(=O)(=O)c1cc(C#N)ccc1C. The maximum absolute atomic E-state index is 12.3. The van der Waals surface area contributed by atoms with E-state index in [-0.39, 0.29) is 17.1 Å². The number of nitrogens with one attached hydrogen (secondary N) is 1. The lowest BCUT2D eigenvalue weighted by atomic mass is 10.0. The van der Waals surface area contributed by atoms with E-state index in [1.165, 1.54) is 6.07 Å². The Bertz CT molecular complexity index is 599. The number of sulfonamides is 1. The van der Waals surface area contributed by atoms with Crippen molar-refractivity contribution in [2.45, 2.75) is 37.6 Å². The topological polar surface area (TPSA) is 90.2 Å². The molecule has 0 fully saturated rings. The van der Waals surface area contributed by atoms with Crippen LogP contribution in [0.1, 0.15) is 31.4 Å². The second-order valence-electron chi connectivity index (χ2n) is 4.77. The Hall–Kier alpha value is -1.42. The van der Waals surface area contributed by atoms with Gasteiger partial charge in [-0.15, -0.1) is 0 Å². The summed E-state index contributed by atoms with van der Waals surface area (Å²) in [5, 5.41) is 18.1. The average molecular weight is 282 g/mol. The molecule has 0 bridgehead atoms. The summed E-state index contributed by atoms with van der Waals surface area (Å²) in [6.07, 6.45) is 0.458. The molecule has 1 aromatic carbocycles. The van der Waals surface area contributed by atoms with Crippen LogP contribution in [0, 0.1) is 18.3 Å². The van der Waals surface area contributed by atoms with Crippen molar-refractivity contribution >= 4 is 10.0 Å². The third-order valence-electron chi connectivity index (χ3n) is 3.12. The summed E-state index contributed by atoms with van der Waals surface area (Å²) >= 11 is 0. The van der Waals surface area contributed by atoms with Crippen molar-refractivity contribution in [3.8, 4) is 6.07 Å². The maximum Gasteiger partial charge on any atom is 0.241 e. The monoisotopic (exact) mass is 282 g/mol. The van der Waals surface area contributed by atoms with Crippen LogP contribution in [-0.4, -0.2) is 25.7 Å². The molecular weight excluding hydrogens is 264 g/mol. The van der Waals surface area contributed by atoms with Crippen molar-refractivity contribution in [3.05, 3.63) is 29.3 Å². The van der Waals surface area contributed by atoms with Crippen LogP contribution in [0.15, 0.2) is 23.1 Å². The molecule has 0 aromatic heterocycles. The predicted octanol–water partition coefficient (Wildman–Crippen LogP) is 1.31.